The maximum absolute atomic E-state index is 12.4. The van der Waals surface area contributed by atoms with Crippen LogP contribution in [0.1, 0.15) is 5.82 Å². The quantitative estimate of drug-likeness (QED) is 0.514. The minimum Gasteiger partial charge on any atom is -0.325 e. The minimum atomic E-state index is -0.0809. The highest BCUT2D eigenvalue weighted by Gasteiger charge is 2.14. The zero-order valence-corrected chi connectivity index (χ0v) is 16.5. The van der Waals surface area contributed by atoms with E-state index >= 15 is 0 Å². The lowest BCUT2D eigenvalue weighted by Crippen LogP contribution is -2.14. The van der Waals surface area contributed by atoms with Gasteiger partial charge in [0.25, 0.3) is 0 Å². The lowest BCUT2D eigenvalue weighted by molar-refractivity contribution is -0.113. The van der Waals surface area contributed by atoms with E-state index in [0.29, 0.717) is 10.7 Å². The summed E-state index contributed by atoms with van der Waals surface area (Å²) in [5.74, 6) is 0.961. The van der Waals surface area contributed by atoms with Gasteiger partial charge in [-0.2, -0.15) is 0 Å². The number of benzene rings is 2. The highest BCUT2D eigenvalue weighted by molar-refractivity contribution is 8.00. The van der Waals surface area contributed by atoms with Gasteiger partial charge in [0, 0.05) is 10.6 Å². The molecule has 0 radical (unpaired) electrons. The molecule has 4 rings (SSSR count). The van der Waals surface area contributed by atoms with Crippen LogP contribution < -0.4 is 5.32 Å². The highest BCUT2D eigenvalue weighted by Crippen LogP contribution is 2.26. The van der Waals surface area contributed by atoms with E-state index < -0.39 is 0 Å². The predicted molar refractivity (Wildman–Crippen MR) is 111 cm³/mol. The molecule has 4 aromatic rings. The first-order valence-electron chi connectivity index (χ1n) is 8.33. The molecule has 0 aliphatic rings. The van der Waals surface area contributed by atoms with Crippen LogP contribution in [0.25, 0.3) is 16.7 Å². The molecule has 0 unspecified atom stereocenters. The second-order valence-electron chi connectivity index (χ2n) is 5.88. The average Bonchev–Trinajstić information content (AvgIpc) is 3.08. The highest BCUT2D eigenvalue weighted by atomic mass is 32.2. The predicted octanol–water partition coefficient (Wildman–Crippen LogP) is 4.04. The van der Waals surface area contributed by atoms with E-state index in [-0.39, 0.29) is 11.7 Å². The number of aromatic nitrogens is 4. The van der Waals surface area contributed by atoms with Crippen LogP contribution >= 0.6 is 23.5 Å². The number of nitrogens with zero attached hydrogens (tertiary/aromatic N) is 4. The Bertz CT molecular complexity index is 1140. The molecule has 2 aromatic heterocycles. The van der Waals surface area contributed by atoms with Crippen molar-refractivity contribution in [3.05, 3.63) is 54.4 Å². The summed E-state index contributed by atoms with van der Waals surface area (Å²) < 4.78 is 1.98. The fourth-order valence-corrected chi connectivity index (χ4v) is 4.05. The maximum Gasteiger partial charge on any atom is 0.234 e. The zero-order chi connectivity index (χ0) is 18.8. The van der Waals surface area contributed by atoms with Crippen LogP contribution in [-0.2, 0) is 4.79 Å². The van der Waals surface area contributed by atoms with Crippen molar-refractivity contribution in [2.24, 2.45) is 0 Å². The molecule has 0 aliphatic heterocycles. The molecule has 0 atom stereocenters. The van der Waals surface area contributed by atoms with Crippen LogP contribution in [0.4, 0.5) is 5.69 Å². The summed E-state index contributed by atoms with van der Waals surface area (Å²) >= 11 is 3.00. The first-order chi connectivity index (χ1) is 13.2. The molecule has 6 nitrogen and oxygen atoms in total. The van der Waals surface area contributed by atoms with Crippen molar-refractivity contribution in [1.29, 1.82) is 0 Å². The summed E-state index contributed by atoms with van der Waals surface area (Å²) in [6.07, 6.45) is 2.01. The van der Waals surface area contributed by atoms with Gasteiger partial charge in [-0.3, -0.25) is 9.20 Å². The summed E-state index contributed by atoms with van der Waals surface area (Å²) in [4.78, 5) is 18.2. The van der Waals surface area contributed by atoms with Gasteiger partial charge in [0.15, 0.2) is 5.65 Å². The largest absolute Gasteiger partial charge is 0.325 e. The van der Waals surface area contributed by atoms with E-state index in [1.54, 1.807) is 11.8 Å². The van der Waals surface area contributed by atoms with Crippen molar-refractivity contribution in [3.63, 3.8) is 0 Å². The van der Waals surface area contributed by atoms with Crippen molar-refractivity contribution in [2.75, 3.05) is 17.3 Å². The standard InChI is InChI=1S/C19H17N5OS2/c1-12-22-23-18-19(21-15-8-3-4-9-16(15)24(12)18)27-11-17(25)20-13-6-5-7-14(10-13)26-2/h3-10H,11H2,1-2H3,(H,20,25). The molecular formula is C19H17N5OS2. The molecule has 1 N–H and O–H groups in total. The van der Waals surface area contributed by atoms with E-state index in [1.165, 1.54) is 11.8 Å². The minimum absolute atomic E-state index is 0.0809. The number of aryl methyl sites for hydroxylation is 1. The molecule has 0 saturated heterocycles. The summed E-state index contributed by atoms with van der Waals surface area (Å²) in [5, 5.41) is 12.1. The number of hydrogen-bond acceptors (Lipinski definition) is 6. The normalized spacial score (nSPS) is 11.2. The molecule has 0 fully saturated rings. The molecule has 0 spiro atoms. The van der Waals surface area contributed by atoms with Crippen molar-refractivity contribution < 1.29 is 4.79 Å². The van der Waals surface area contributed by atoms with Gasteiger partial charge in [-0.05, 0) is 43.5 Å². The van der Waals surface area contributed by atoms with Gasteiger partial charge < -0.3 is 5.32 Å². The van der Waals surface area contributed by atoms with Crippen LogP contribution in [0, 0.1) is 6.92 Å². The molecule has 1 amide bonds. The van der Waals surface area contributed by atoms with E-state index in [4.69, 9.17) is 0 Å². The summed E-state index contributed by atoms with van der Waals surface area (Å²) in [5.41, 5.74) is 3.27. The number of carbonyl (C=O) groups excluding carboxylic acids is 1. The molecule has 0 bridgehead atoms. The Labute approximate surface area is 164 Å². The molecule has 0 saturated carbocycles. The van der Waals surface area contributed by atoms with Crippen LogP contribution in [0.3, 0.4) is 0 Å². The Kier molecular flexibility index (Phi) is 5.00. The van der Waals surface area contributed by atoms with Crippen LogP contribution in [0.15, 0.2) is 58.5 Å². The number of para-hydroxylation sites is 2. The lowest BCUT2D eigenvalue weighted by Gasteiger charge is -2.08. The summed E-state index contributed by atoms with van der Waals surface area (Å²) in [6, 6.07) is 15.6. The van der Waals surface area contributed by atoms with Crippen molar-refractivity contribution in [1.82, 2.24) is 19.6 Å². The molecule has 136 valence electrons. The monoisotopic (exact) mass is 395 g/mol. The number of rotatable bonds is 5. The van der Waals surface area contributed by atoms with E-state index in [0.717, 1.165) is 27.4 Å². The lowest BCUT2D eigenvalue weighted by atomic mass is 10.3. The Balaban J connectivity index is 1.57. The van der Waals surface area contributed by atoms with Gasteiger partial charge in [-0.15, -0.1) is 22.0 Å². The third kappa shape index (κ3) is 3.63. The van der Waals surface area contributed by atoms with Crippen LogP contribution in [0.2, 0.25) is 0 Å². The summed E-state index contributed by atoms with van der Waals surface area (Å²) in [7, 11) is 0. The molecule has 2 aromatic carbocycles. The second kappa shape index (κ2) is 7.58. The van der Waals surface area contributed by atoms with Crippen molar-refractivity contribution in [3.8, 4) is 0 Å². The van der Waals surface area contributed by atoms with E-state index in [9.17, 15) is 4.79 Å². The van der Waals surface area contributed by atoms with Gasteiger partial charge in [-0.25, -0.2) is 4.98 Å². The second-order valence-corrected chi connectivity index (χ2v) is 7.72. The molecule has 27 heavy (non-hydrogen) atoms. The first-order valence-corrected chi connectivity index (χ1v) is 10.5. The Morgan fingerprint density at radius 1 is 1.15 bits per heavy atom. The third-order valence-electron chi connectivity index (χ3n) is 4.05. The van der Waals surface area contributed by atoms with E-state index in [2.05, 4.69) is 20.5 Å². The Morgan fingerprint density at radius 3 is 2.85 bits per heavy atom. The average molecular weight is 396 g/mol. The number of nitrogens with one attached hydrogen (secondary N) is 1. The van der Waals surface area contributed by atoms with Gasteiger partial charge in [0.1, 0.15) is 10.9 Å². The number of thioether (sulfide) groups is 2. The Hall–Kier alpha value is -2.58. The van der Waals surface area contributed by atoms with Gasteiger partial charge in [0.05, 0.1) is 16.8 Å². The molecule has 8 heteroatoms. The van der Waals surface area contributed by atoms with Gasteiger partial charge in [0.2, 0.25) is 5.91 Å². The smallest absolute Gasteiger partial charge is 0.234 e. The summed E-state index contributed by atoms with van der Waals surface area (Å²) in [6.45, 7) is 1.91. The SMILES string of the molecule is CSc1cccc(NC(=O)CSc2nc3ccccc3n3c(C)nnc23)c1. The van der Waals surface area contributed by atoms with Crippen molar-refractivity contribution >= 4 is 51.8 Å². The van der Waals surface area contributed by atoms with E-state index in [1.807, 2.05) is 66.1 Å². The van der Waals surface area contributed by atoms with Crippen LogP contribution in [-0.4, -0.2) is 37.5 Å². The fraction of sp³-hybridized carbons (Fsp3) is 0.158. The number of anilines is 1. The van der Waals surface area contributed by atoms with Crippen molar-refractivity contribution in [2.45, 2.75) is 16.8 Å². The van der Waals surface area contributed by atoms with Gasteiger partial charge in [-0.1, -0.05) is 30.0 Å². The number of carbonyl (C=O) groups is 1. The Morgan fingerprint density at radius 2 is 2.00 bits per heavy atom. The zero-order valence-electron chi connectivity index (χ0n) is 14.8. The molecular weight excluding hydrogens is 378 g/mol. The maximum atomic E-state index is 12.4. The molecule has 2 heterocycles. The third-order valence-corrected chi connectivity index (χ3v) is 5.73. The fourth-order valence-electron chi connectivity index (χ4n) is 2.83. The van der Waals surface area contributed by atoms with Gasteiger partial charge >= 0.3 is 0 Å². The number of fused-ring (bicyclic) bond motifs is 3. The number of hydrogen-bond donors (Lipinski definition) is 1. The first kappa shape index (κ1) is 17.8. The number of amides is 1. The topological polar surface area (TPSA) is 72.2 Å². The van der Waals surface area contributed by atoms with Crippen LogP contribution in [0.5, 0.6) is 0 Å². The molecule has 0 aliphatic carbocycles.